The highest BCUT2D eigenvalue weighted by molar-refractivity contribution is 7.17. The molecule has 3 aromatic rings. The van der Waals surface area contributed by atoms with Crippen molar-refractivity contribution in [1.29, 1.82) is 0 Å². The number of thiazole rings is 1. The first-order chi connectivity index (χ1) is 12.8. The topological polar surface area (TPSA) is 97.1 Å². The maximum absolute atomic E-state index is 12.7. The number of nitrogens with one attached hydrogen (secondary N) is 1. The molecule has 0 bridgehead atoms. The summed E-state index contributed by atoms with van der Waals surface area (Å²) >= 11 is 1.22. The van der Waals surface area contributed by atoms with Crippen LogP contribution in [0.5, 0.6) is 0 Å². The molecule has 0 aliphatic heterocycles. The number of hydrogen-bond acceptors (Lipinski definition) is 5. The molecule has 2 aromatic heterocycles. The molecule has 7 nitrogen and oxygen atoms in total. The van der Waals surface area contributed by atoms with Gasteiger partial charge in [-0.05, 0) is 37.5 Å². The van der Waals surface area contributed by atoms with Crippen molar-refractivity contribution >= 4 is 23.2 Å². The predicted molar refractivity (Wildman–Crippen MR) is 103 cm³/mol. The summed E-state index contributed by atoms with van der Waals surface area (Å²) in [5.74, 6) is -1.56. The molecule has 0 fully saturated rings. The van der Waals surface area contributed by atoms with Gasteiger partial charge in [-0.25, -0.2) is 9.78 Å². The summed E-state index contributed by atoms with van der Waals surface area (Å²) in [5.41, 5.74) is 3.94. The van der Waals surface area contributed by atoms with Crippen LogP contribution in [0.4, 0.5) is 0 Å². The second-order valence-electron chi connectivity index (χ2n) is 6.42. The number of aryl methyl sites for hydroxylation is 4. The molecule has 0 radical (unpaired) electrons. The van der Waals surface area contributed by atoms with Crippen LogP contribution in [-0.4, -0.2) is 31.7 Å². The lowest BCUT2D eigenvalue weighted by Crippen LogP contribution is -2.33. The summed E-state index contributed by atoms with van der Waals surface area (Å²) < 4.78 is 1.66. The van der Waals surface area contributed by atoms with Gasteiger partial charge in [0.2, 0.25) is 0 Å². The van der Waals surface area contributed by atoms with Crippen molar-refractivity contribution in [3.63, 3.8) is 0 Å². The van der Waals surface area contributed by atoms with Crippen LogP contribution in [0.1, 0.15) is 38.1 Å². The third-order valence-electron chi connectivity index (χ3n) is 4.34. The van der Waals surface area contributed by atoms with E-state index in [-0.39, 0.29) is 0 Å². The van der Waals surface area contributed by atoms with Gasteiger partial charge in [0, 0.05) is 18.8 Å². The Morgan fingerprint density at radius 1 is 1.22 bits per heavy atom. The van der Waals surface area contributed by atoms with Crippen molar-refractivity contribution in [1.82, 2.24) is 20.1 Å². The van der Waals surface area contributed by atoms with Crippen molar-refractivity contribution in [2.24, 2.45) is 7.05 Å². The lowest BCUT2D eigenvalue weighted by Gasteiger charge is -2.16. The molecule has 8 heteroatoms. The second-order valence-corrected chi connectivity index (χ2v) is 7.42. The van der Waals surface area contributed by atoms with Gasteiger partial charge >= 0.3 is 5.97 Å². The van der Waals surface area contributed by atoms with Crippen LogP contribution in [0, 0.1) is 20.8 Å². The fourth-order valence-corrected chi connectivity index (χ4v) is 3.63. The van der Waals surface area contributed by atoms with E-state index < -0.39 is 17.9 Å². The van der Waals surface area contributed by atoms with Gasteiger partial charge in [-0.1, -0.05) is 18.2 Å². The SMILES string of the molecule is Cc1ccc(C(NC(=O)c2sc(-c3cnn(C)c3)nc2C)C(=O)O)cc1C. The van der Waals surface area contributed by atoms with Crippen LogP contribution >= 0.6 is 11.3 Å². The standard InChI is InChI=1S/C19H20N4O3S/c1-10-5-6-13(7-11(10)2)15(19(25)26)22-17(24)16-12(3)21-18(27-16)14-8-20-23(4)9-14/h5-9,15H,1-4H3,(H,22,24)(H,25,26). The number of carbonyl (C=O) groups is 2. The molecule has 27 heavy (non-hydrogen) atoms. The van der Waals surface area contributed by atoms with Crippen molar-refractivity contribution in [3.05, 3.63) is 57.9 Å². The second kappa shape index (κ2) is 7.32. The molecule has 140 valence electrons. The van der Waals surface area contributed by atoms with Gasteiger partial charge in [-0.3, -0.25) is 9.48 Å². The van der Waals surface area contributed by atoms with Crippen molar-refractivity contribution in [2.75, 3.05) is 0 Å². The van der Waals surface area contributed by atoms with E-state index in [1.54, 1.807) is 37.0 Å². The van der Waals surface area contributed by atoms with E-state index in [0.29, 0.717) is 21.1 Å². The molecule has 2 heterocycles. The lowest BCUT2D eigenvalue weighted by atomic mass is 10.0. The molecular formula is C19H20N4O3S. The average molecular weight is 384 g/mol. The Bertz CT molecular complexity index is 1020. The lowest BCUT2D eigenvalue weighted by molar-refractivity contribution is -0.139. The van der Waals surface area contributed by atoms with Crippen LogP contribution in [-0.2, 0) is 11.8 Å². The highest BCUT2D eigenvalue weighted by Crippen LogP contribution is 2.28. The molecule has 0 aliphatic carbocycles. The normalized spacial score (nSPS) is 12.0. The van der Waals surface area contributed by atoms with Crippen LogP contribution < -0.4 is 5.32 Å². The monoisotopic (exact) mass is 384 g/mol. The van der Waals surface area contributed by atoms with Crippen LogP contribution in [0.3, 0.4) is 0 Å². The number of amides is 1. The Kier molecular flexibility index (Phi) is 5.09. The van der Waals surface area contributed by atoms with Gasteiger partial charge in [0.05, 0.1) is 11.9 Å². The van der Waals surface area contributed by atoms with E-state index in [0.717, 1.165) is 16.7 Å². The van der Waals surface area contributed by atoms with Crippen molar-refractivity contribution in [2.45, 2.75) is 26.8 Å². The van der Waals surface area contributed by atoms with E-state index in [2.05, 4.69) is 15.4 Å². The van der Waals surface area contributed by atoms with Gasteiger partial charge in [0.15, 0.2) is 6.04 Å². The Morgan fingerprint density at radius 2 is 1.96 bits per heavy atom. The number of rotatable bonds is 5. The summed E-state index contributed by atoms with van der Waals surface area (Å²) in [5, 5.41) is 17.0. The summed E-state index contributed by atoms with van der Waals surface area (Å²) in [7, 11) is 1.80. The smallest absolute Gasteiger partial charge is 0.330 e. The van der Waals surface area contributed by atoms with Crippen LogP contribution in [0.25, 0.3) is 10.6 Å². The van der Waals surface area contributed by atoms with E-state index in [9.17, 15) is 14.7 Å². The number of hydrogen-bond donors (Lipinski definition) is 2. The Hall–Kier alpha value is -3.00. The third kappa shape index (κ3) is 3.90. The minimum atomic E-state index is -1.12. The van der Waals surface area contributed by atoms with Gasteiger partial charge in [0.25, 0.3) is 5.91 Å². The first kappa shape index (κ1) is 18.8. The molecule has 1 aromatic carbocycles. The molecule has 0 aliphatic rings. The zero-order valence-corrected chi connectivity index (χ0v) is 16.3. The van der Waals surface area contributed by atoms with Crippen LogP contribution in [0.15, 0.2) is 30.6 Å². The number of carbonyl (C=O) groups excluding carboxylic acids is 1. The summed E-state index contributed by atoms with van der Waals surface area (Å²) in [6.07, 6.45) is 3.49. The molecule has 1 amide bonds. The first-order valence-electron chi connectivity index (χ1n) is 8.33. The zero-order valence-electron chi connectivity index (χ0n) is 15.5. The molecule has 1 unspecified atom stereocenters. The number of carboxylic acids is 1. The van der Waals surface area contributed by atoms with Gasteiger partial charge in [-0.2, -0.15) is 5.10 Å². The maximum atomic E-state index is 12.7. The number of aromatic nitrogens is 3. The van der Waals surface area contributed by atoms with Crippen LogP contribution in [0.2, 0.25) is 0 Å². The molecule has 0 spiro atoms. The molecule has 0 saturated carbocycles. The number of aliphatic carboxylic acids is 1. The highest BCUT2D eigenvalue weighted by Gasteiger charge is 2.25. The minimum Gasteiger partial charge on any atom is -0.479 e. The van der Waals surface area contributed by atoms with Gasteiger partial charge < -0.3 is 10.4 Å². The predicted octanol–water partition coefficient (Wildman–Crippen LogP) is 3.02. The highest BCUT2D eigenvalue weighted by atomic mass is 32.1. The van der Waals surface area contributed by atoms with E-state index in [1.165, 1.54) is 11.3 Å². The van der Waals surface area contributed by atoms with Gasteiger partial charge in [-0.15, -0.1) is 11.3 Å². The van der Waals surface area contributed by atoms with Crippen molar-refractivity contribution in [3.8, 4) is 10.6 Å². The Balaban J connectivity index is 1.87. The average Bonchev–Trinajstić information content (AvgIpc) is 3.20. The summed E-state index contributed by atoms with van der Waals surface area (Å²) in [4.78, 5) is 29.3. The van der Waals surface area contributed by atoms with Crippen molar-refractivity contribution < 1.29 is 14.7 Å². The fourth-order valence-electron chi connectivity index (χ4n) is 2.69. The molecule has 3 rings (SSSR count). The van der Waals surface area contributed by atoms with E-state index in [1.807, 2.05) is 26.1 Å². The quantitative estimate of drug-likeness (QED) is 0.705. The summed E-state index contributed by atoms with van der Waals surface area (Å²) in [6.45, 7) is 5.60. The Morgan fingerprint density at radius 3 is 2.56 bits per heavy atom. The van der Waals surface area contributed by atoms with E-state index >= 15 is 0 Å². The van der Waals surface area contributed by atoms with E-state index in [4.69, 9.17) is 0 Å². The third-order valence-corrected chi connectivity index (χ3v) is 5.55. The first-order valence-corrected chi connectivity index (χ1v) is 9.15. The molecule has 0 saturated heterocycles. The number of benzene rings is 1. The minimum absolute atomic E-state index is 0.393. The maximum Gasteiger partial charge on any atom is 0.330 e. The molecule has 1 atom stereocenters. The molecular weight excluding hydrogens is 364 g/mol. The molecule has 2 N–H and O–H groups in total. The number of carboxylic acid groups (broad SMARTS) is 1. The summed E-state index contributed by atoms with van der Waals surface area (Å²) in [6, 6.07) is 4.24. The zero-order chi connectivity index (χ0) is 19.7. The Labute approximate surface area is 160 Å². The fraction of sp³-hybridized carbons (Fsp3) is 0.263. The number of nitrogens with zero attached hydrogens (tertiary/aromatic N) is 3. The largest absolute Gasteiger partial charge is 0.479 e. The van der Waals surface area contributed by atoms with Gasteiger partial charge in [0.1, 0.15) is 9.88 Å².